The lowest BCUT2D eigenvalue weighted by Gasteiger charge is -2.34. The fraction of sp³-hybridized carbons (Fsp3) is 0.438. The van der Waals surface area contributed by atoms with Crippen molar-refractivity contribution in [3.8, 4) is 0 Å². The minimum absolute atomic E-state index is 0.0578. The molecule has 1 unspecified atom stereocenters. The summed E-state index contributed by atoms with van der Waals surface area (Å²) < 4.78 is 55.7. The van der Waals surface area contributed by atoms with Crippen LogP contribution in [0.5, 0.6) is 0 Å². The Morgan fingerprint density at radius 3 is 2.64 bits per heavy atom. The van der Waals surface area contributed by atoms with Crippen LogP contribution in [0.1, 0.15) is 5.56 Å². The van der Waals surface area contributed by atoms with E-state index < -0.39 is 15.6 Å². The van der Waals surface area contributed by atoms with Gasteiger partial charge >= 0.3 is 5.76 Å². The highest BCUT2D eigenvalue weighted by molar-refractivity contribution is 7.91. The molecule has 1 saturated heterocycles. The molecule has 0 N–H and O–H groups in total. The topological polar surface area (TPSA) is 64.4 Å². The Morgan fingerprint density at radius 1 is 1.32 bits per heavy atom. The Kier molecular flexibility index (Phi) is 5.05. The monoisotopic (exact) mass is 371 g/mol. The number of anilines is 1. The molecule has 0 spiro atoms. The summed E-state index contributed by atoms with van der Waals surface area (Å²) in [7, 11) is -4.56. The van der Waals surface area contributed by atoms with Crippen molar-refractivity contribution in [3.05, 3.63) is 42.2 Å². The number of benzene rings is 1. The summed E-state index contributed by atoms with van der Waals surface area (Å²) >= 11 is 0. The van der Waals surface area contributed by atoms with Gasteiger partial charge in [0, 0.05) is 25.0 Å². The fourth-order valence-electron chi connectivity index (χ4n) is 2.79. The number of alkyl halides is 2. The normalized spacial score (nSPS) is 18.7. The predicted molar refractivity (Wildman–Crippen MR) is 88.5 cm³/mol. The largest absolute Gasteiger partial charge is 0.373 e. The van der Waals surface area contributed by atoms with Gasteiger partial charge in [0.2, 0.25) is 9.84 Å². The standard InChI is InChI=1S/C16H19F2N3O3S/c1-12-8-19-21(9-12)11-14-10-20(6-7-24-14)13-2-4-15(5-3-13)25(22,23)16(17)18/h2-5,8-9,14,16H,6-7,10-11H2,1H3. The number of ether oxygens (including phenoxy) is 1. The fourth-order valence-corrected chi connectivity index (χ4v) is 3.51. The third kappa shape index (κ3) is 3.98. The number of halogens is 2. The molecule has 0 bridgehead atoms. The highest BCUT2D eigenvalue weighted by Crippen LogP contribution is 2.23. The number of nitrogens with zero attached hydrogens (tertiary/aromatic N) is 3. The minimum Gasteiger partial charge on any atom is -0.373 e. The Balaban J connectivity index is 1.69. The number of aromatic nitrogens is 2. The third-order valence-corrected chi connectivity index (χ3v) is 5.46. The summed E-state index contributed by atoms with van der Waals surface area (Å²) in [6.07, 6.45) is 3.66. The van der Waals surface area contributed by atoms with E-state index in [1.807, 2.05) is 22.7 Å². The highest BCUT2D eigenvalue weighted by Gasteiger charge is 2.27. The van der Waals surface area contributed by atoms with Crippen LogP contribution in [0, 0.1) is 6.92 Å². The zero-order valence-corrected chi connectivity index (χ0v) is 14.5. The van der Waals surface area contributed by atoms with E-state index in [1.54, 1.807) is 18.3 Å². The van der Waals surface area contributed by atoms with Gasteiger partial charge in [-0.1, -0.05) is 0 Å². The van der Waals surface area contributed by atoms with Crippen molar-refractivity contribution < 1.29 is 21.9 Å². The average Bonchev–Trinajstić information content (AvgIpc) is 3.00. The third-order valence-electron chi connectivity index (χ3n) is 4.06. The van der Waals surface area contributed by atoms with E-state index in [0.717, 1.165) is 11.3 Å². The van der Waals surface area contributed by atoms with Crippen molar-refractivity contribution in [2.45, 2.75) is 30.2 Å². The number of morpholine rings is 1. The Hall–Kier alpha value is -2.00. The molecule has 3 rings (SSSR count). The smallest absolute Gasteiger partial charge is 0.341 e. The molecular formula is C16H19F2N3O3S. The first kappa shape index (κ1) is 17.8. The predicted octanol–water partition coefficient (Wildman–Crippen LogP) is 2.09. The maximum absolute atomic E-state index is 12.6. The molecule has 1 aromatic carbocycles. The molecule has 9 heteroatoms. The minimum atomic E-state index is -4.56. The van der Waals surface area contributed by atoms with Crippen LogP contribution < -0.4 is 4.90 Å². The van der Waals surface area contributed by atoms with Gasteiger partial charge in [-0.25, -0.2) is 8.42 Å². The van der Waals surface area contributed by atoms with Crippen LogP contribution in [0.15, 0.2) is 41.6 Å². The summed E-state index contributed by atoms with van der Waals surface area (Å²) in [5, 5.41) is 4.24. The van der Waals surface area contributed by atoms with Gasteiger partial charge in [-0.15, -0.1) is 0 Å². The number of aryl methyl sites for hydroxylation is 1. The summed E-state index contributed by atoms with van der Waals surface area (Å²) in [4.78, 5) is 1.67. The van der Waals surface area contributed by atoms with Crippen molar-refractivity contribution in [1.82, 2.24) is 9.78 Å². The van der Waals surface area contributed by atoms with Crippen LogP contribution in [0.25, 0.3) is 0 Å². The van der Waals surface area contributed by atoms with E-state index in [2.05, 4.69) is 5.10 Å². The molecule has 2 heterocycles. The lowest BCUT2D eigenvalue weighted by atomic mass is 10.2. The number of hydrogen-bond donors (Lipinski definition) is 0. The molecule has 0 saturated carbocycles. The molecule has 136 valence electrons. The Labute approximate surface area is 144 Å². The highest BCUT2D eigenvalue weighted by atomic mass is 32.2. The maximum atomic E-state index is 12.6. The van der Waals surface area contributed by atoms with Gasteiger partial charge in [-0.2, -0.15) is 13.9 Å². The first-order valence-electron chi connectivity index (χ1n) is 7.84. The van der Waals surface area contributed by atoms with Gasteiger partial charge in [0.25, 0.3) is 0 Å². The van der Waals surface area contributed by atoms with E-state index in [4.69, 9.17) is 4.74 Å². The molecule has 0 radical (unpaired) electrons. The van der Waals surface area contributed by atoms with Crippen LogP contribution in [-0.2, 0) is 21.1 Å². The Morgan fingerprint density at radius 2 is 2.04 bits per heavy atom. The van der Waals surface area contributed by atoms with Crippen molar-refractivity contribution in [2.75, 3.05) is 24.6 Å². The summed E-state index contributed by atoms with van der Waals surface area (Å²) in [6.45, 7) is 4.37. The number of rotatable bonds is 5. The van der Waals surface area contributed by atoms with Crippen molar-refractivity contribution >= 4 is 15.5 Å². The van der Waals surface area contributed by atoms with Gasteiger partial charge in [-0.3, -0.25) is 4.68 Å². The summed E-state index contributed by atoms with van der Waals surface area (Å²) in [5.74, 6) is -3.41. The van der Waals surface area contributed by atoms with Gasteiger partial charge in [0.15, 0.2) is 0 Å². The zero-order chi connectivity index (χ0) is 18.0. The molecule has 0 aliphatic carbocycles. The van der Waals surface area contributed by atoms with E-state index in [0.29, 0.717) is 26.2 Å². The molecule has 1 aliphatic heterocycles. The summed E-state index contributed by atoms with van der Waals surface area (Å²) in [6, 6.07) is 5.54. The number of sulfone groups is 1. The zero-order valence-electron chi connectivity index (χ0n) is 13.7. The molecule has 6 nitrogen and oxygen atoms in total. The van der Waals surface area contributed by atoms with Crippen LogP contribution in [-0.4, -0.2) is 49.8 Å². The van der Waals surface area contributed by atoms with Crippen molar-refractivity contribution in [3.63, 3.8) is 0 Å². The molecule has 1 fully saturated rings. The molecular weight excluding hydrogens is 352 g/mol. The second kappa shape index (κ2) is 7.09. The van der Waals surface area contributed by atoms with Crippen LogP contribution >= 0.6 is 0 Å². The lowest BCUT2D eigenvalue weighted by molar-refractivity contribution is 0.0274. The second-order valence-corrected chi connectivity index (χ2v) is 7.90. The van der Waals surface area contributed by atoms with Crippen LogP contribution in [0.4, 0.5) is 14.5 Å². The molecule has 0 amide bonds. The van der Waals surface area contributed by atoms with Gasteiger partial charge < -0.3 is 9.64 Å². The van der Waals surface area contributed by atoms with E-state index in [1.165, 1.54) is 12.1 Å². The van der Waals surface area contributed by atoms with Gasteiger partial charge in [0.1, 0.15) is 0 Å². The molecule has 1 aromatic heterocycles. The van der Waals surface area contributed by atoms with E-state index >= 15 is 0 Å². The van der Waals surface area contributed by atoms with Gasteiger partial charge in [0.05, 0.1) is 30.3 Å². The van der Waals surface area contributed by atoms with Crippen LogP contribution in [0.2, 0.25) is 0 Å². The Bertz CT molecular complexity index is 821. The first-order valence-corrected chi connectivity index (χ1v) is 9.38. The molecule has 2 aromatic rings. The first-order chi connectivity index (χ1) is 11.9. The molecule has 1 aliphatic rings. The maximum Gasteiger partial charge on any atom is 0.341 e. The van der Waals surface area contributed by atoms with Gasteiger partial charge in [-0.05, 0) is 36.8 Å². The quantitative estimate of drug-likeness (QED) is 0.805. The SMILES string of the molecule is Cc1cnn(CC2CN(c3ccc(S(=O)(=O)C(F)F)cc3)CCO2)c1. The van der Waals surface area contributed by atoms with Crippen molar-refractivity contribution in [1.29, 1.82) is 0 Å². The van der Waals surface area contributed by atoms with Crippen molar-refractivity contribution in [2.24, 2.45) is 0 Å². The number of hydrogen-bond acceptors (Lipinski definition) is 5. The average molecular weight is 371 g/mol. The second-order valence-electron chi connectivity index (χ2n) is 5.98. The summed E-state index contributed by atoms with van der Waals surface area (Å²) in [5.41, 5.74) is 1.85. The van der Waals surface area contributed by atoms with Crippen LogP contribution in [0.3, 0.4) is 0 Å². The molecule has 1 atom stereocenters. The van der Waals surface area contributed by atoms with E-state index in [9.17, 15) is 17.2 Å². The van der Waals surface area contributed by atoms with E-state index in [-0.39, 0.29) is 11.0 Å². The molecule has 25 heavy (non-hydrogen) atoms. The lowest BCUT2D eigenvalue weighted by Crippen LogP contribution is -2.44.